The van der Waals surface area contributed by atoms with Crippen LogP contribution < -0.4 is 5.73 Å². The standard InChI is InChI=1S/C8H20N2/c1-4-8(9)6-7-10(3)5-2/h8H,4-7,9H2,1-3H3. The van der Waals surface area contributed by atoms with E-state index in [1.165, 1.54) is 0 Å². The van der Waals surface area contributed by atoms with Crippen LogP contribution in [0.4, 0.5) is 0 Å². The SMILES string of the molecule is CCC(N)CCN(C)CC. The lowest BCUT2D eigenvalue weighted by atomic mass is 10.2. The van der Waals surface area contributed by atoms with Gasteiger partial charge in [-0.2, -0.15) is 0 Å². The van der Waals surface area contributed by atoms with E-state index in [0.717, 1.165) is 25.9 Å². The van der Waals surface area contributed by atoms with Gasteiger partial charge in [-0.25, -0.2) is 0 Å². The van der Waals surface area contributed by atoms with E-state index in [1.54, 1.807) is 0 Å². The molecule has 0 amide bonds. The van der Waals surface area contributed by atoms with E-state index in [1.807, 2.05) is 0 Å². The van der Waals surface area contributed by atoms with Crippen LogP contribution in [0, 0.1) is 0 Å². The van der Waals surface area contributed by atoms with Crippen LogP contribution in [-0.2, 0) is 0 Å². The Morgan fingerprint density at radius 3 is 2.40 bits per heavy atom. The van der Waals surface area contributed by atoms with Crippen LogP contribution in [0.5, 0.6) is 0 Å². The molecule has 0 aromatic rings. The first-order valence-corrected chi connectivity index (χ1v) is 4.14. The van der Waals surface area contributed by atoms with Gasteiger partial charge in [0.1, 0.15) is 0 Å². The third kappa shape index (κ3) is 4.77. The zero-order valence-corrected chi connectivity index (χ0v) is 7.43. The zero-order chi connectivity index (χ0) is 7.98. The summed E-state index contributed by atoms with van der Waals surface area (Å²) in [6.07, 6.45) is 2.22. The van der Waals surface area contributed by atoms with Crippen molar-refractivity contribution in [2.45, 2.75) is 32.7 Å². The van der Waals surface area contributed by atoms with Crippen molar-refractivity contribution in [1.82, 2.24) is 4.90 Å². The lowest BCUT2D eigenvalue weighted by Gasteiger charge is -2.15. The molecule has 0 fully saturated rings. The minimum Gasteiger partial charge on any atom is -0.328 e. The molecule has 0 aliphatic rings. The molecule has 0 saturated heterocycles. The Balaban J connectivity index is 3.17. The van der Waals surface area contributed by atoms with Crippen molar-refractivity contribution in [2.24, 2.45) is 5.73 Å². The molecule has 0 aromatic carbocycles. The average molecular weight is 144 g/mol. The molecule has 2 heteroatoms. The fourth-order valence-electron chi connectivity index (χ4n) is 0.748. The van der Waals surface area contributed by atoms with E-state index in [0.29, 0.717) is 6.04 Å². The third-order valence-corrected chi connectivity index (χ3v) is 1.95. The molecule has 2 nitrogen and oxygen atoms in total. The summed E-state index contributed by atoms with van der Waals surface area (Å²) < 4.78 is 0. The molecule has 10 heavy (non-hydrogen) atoms. The smallest absolute Gasteiger partial charge is 0.00483 e. The number of hydrogen-bond acceptors (Lipinski definition) is 2. The van der Waals surface area contributed by atoms with Gasteiger partial charge in [0.25, 0.3) is 0 Å². The van der Waals surface area contributed by atoms with Crippen molar-refractivity contribution in [3.8, 4) is 0 Å². The molecule has 0 rings (SSSR count). The number of hydrogen-bond donors (Lipinski definition) is 1. The van der Waals surface area contributed by atoms with Crippen molar-refractivity contribution < 1.29 is 0 Å². The molecule has 0 aromatic heterocycles. The summed E-state index contributed by atoms with van der Waals surface area (Å²) in [6.45, 7) is 6.55. The molecular formula is C8H20N2. The molecular weight excluding hydrogens is 124 g/mol. The molecule has 0 heterocycles. The first kappa shape index (κ1) is 9.92. The van der Waals surface area contributed by atoms with Gasteiger partial charge in [0, 0.05) is 6.04 Å². The van der Waals surface area contributed by atoms with E-state index in [-0.39, 0.29) is 0 Å². The lowest BCUT2D eigenvalue weighted by Crippen LogP contribution is -2.27. The van der Waals surface area contributed by atoms with Crippen LogP contribution in [0.1, 0.15) is 26.7 Å². The molecule has 0 spiro atoms. The highest BCUT2D eigenvalue weighted by molar-refractivity contribution is 4.60. The monoisotopic (exact) mass is 144 g/mol. The fourth-order valence-corrected chi connectivity index (χ4v) is 0.748. The van der Waals surface area contributed by atoms with Gasteiger partial charge < -0.3 is 10.6 Å². The van der Waals surface area contributed by atoms with Crippen LogP contribution in [0.3, 0.4) is 0 Å². The first-order chi connectivity index (χ1) is 4.70. The molecule has 0 aliphatic carbocycles. The zero-order valence-electron chi connectivity index (χ0n) is 7.43. The van der Waals surface area contributed by atoms with Gasteiger partial charge >= 0.3 is 0 Å². The summed E-state index contributed by atoms with van der Waals surface area (Å²) in [7, 11) is 2.13. The third-order valence-electron chi connectivity index (χ3n) is 1.95. The van der Waals surface area contributed by atoms with Crippen molar-refractivity contribution in [1.29, 1.82) is 0 Å². The molecule has 2 N–H and O–H groups in total. The van der Waals surface area contributed by atoms with E-state index in [2.05, 4.69) is 25.8 Å². The Kier molecular flexibility index (Phi) is 5.64. The van der Waals surface area contributed by atoms with Gasteiger partial charge in [0.05, 0.1) is 0 Å². The topological polar surface area (TPSA) is 29.3 Å². The highest BCUT2D eigenvalue weighted by Crippen LogP contribution is 1.94. The van der Waals surface area contributed by atoms with Crippen LogP contribution in [0.15, 0.2) is 0 Å². The Morgan fingerprint density at radius 2 is 2.00 bits per heavy atom. The number of nitrogens with two attached hydrogens (primary N) is 1. The molecule has 62 valence electrons. The molecule has 0 aliphatic heterocycles. The van der Waals surface area contributed by atoms with E-state index >= 15 is 0 Å². The van der Waals surface area contributed by atoms with Crippen LogP contribution >= 0.6 is 0 Å². The predicted octanol–water partition coefficient (Wildman–Crippen LogP) is 1.07. The highest BCUT2D eigenvalue weighted by atomic mass is 15.1. The largest absolute Gasteiger partial charge is 0.328 e. The second-order valence-corrected chi connectivity index (χ2v) is 2.85. The van der Waals surface area contributed by atoms with Gasteiger partial charge in [-0.05, 0) is 33.0 Å². The summed E-state index contributed by atoms with van der Waals surface area (Å²) in [5, 5.41) is 0. The minimum absolute atomic E-state index is 0.397. The average Bonchev–Trinajstić information content (AvgIpc) is 1.99. The molecule has 0 saturated carbocycles. The lowest BCUT2D eigenvalue weighted by molar-refractivity contribution is 0.332. The molecule has 1 atom stereocenters. The van der Waals surface area contributed by atoms with Crippen molar-refractivity contribution in [3.05, 3.63) is 0 Å². The Morgan fingerprint density at radius 1 is 1.40 bits per heavy atom. The van der Waals surface area contributed by atoms with E-state index < -0.39 is 0 Å². The van der Waals surface area contributed by atoms with Crippen molar-refractivity contribution in [2.75, 3.05) is 20.1 Å². The number of nitrogens with zero attached hydrogens (tertiary/aromatic N) is 1. The Bertz CT molecular complexity index is 63.7. The van der Waals surface area contributed by atoms with Crippen LogP contribution in [0.2, 0.25) is 0 Å². The van der Waals surface area contributed by atoms with Gasteiger partial charge in [0.15, 0.2) is 0 Å². The summed E-state index contributed by atoms with van der Waals surface area (Å²) in [5.74, 6) is 0. The van der Waals surface area contributed by atoms with Gasteiger partial charge in [-0.15, -0.1) is 0 Å². The highest BCUT2D eigenvalue weighted by Gasteiger charge is 1.99. The van der Waals surface area contributed by atoms with Crippen molar-refractivity contribution in [3.63, 3.8) is 0 Å². The summed E-state index contributed by atoms with van der Waals surface area (Å²) >= 11 is 0. The second kappa shape index (κ2) is 5.69. The molecule has 1 unspecified atom stereocenters. The minimum atomic E-state index is 0.397. The second-order valence-electron chi connectivity index (χ2n) is 2.85. The normalized spacial score (nSPS) is 14.1. The molecule has 0 radical (unpaired) electrons. The maximum absolute atomic E-state index is 5.75. The maximum Gasteiger partial charge on any atom is 0.00483 e. The fraction of sp³-hybridized carbons (Fsp3) is 1.00. The Hall–Kier alpha value is -0.0800. The van der Waals surface area contributed by atoms with E-state index in [4.69, 9.17) is 5.73 Å². The quantitative estimate of drug-likeness (QED) is 0.625. The summed E-state index contributed by atoms with van der Waals surface area (Å²) in [5.41, 5.74) is 5.75. The summed E-state index contributed by atoms with van der Waals surface area (Å²) in [6, 6.07) is 0.397. The Labute approximate surface area is 64.4 Å². The predicted molar refractivity (Wildman–Crippen MR) is 46.1 cm³/mol. The first-order valence-electron chi connectivity index (χ1n) is 4.14. The number of rotatable bonds is 5. The maximum atomic E-state index is 5.75. The van der Waals surface area contributed by atoms with Gasteiger partial charge in [-0.3, -0.25) is 0 Å². The van der Waals surface area contributed by atoms with Crippen LogP contribution in [-0.4, -0.2) is 31.1 Å². The van der Waals surface area contributed by atoms with Gasteiger partial charge in [-0.1, -0.05) is 13.8 Å². The summed E-state index contributed by atoms with van der Waals surface area (Å²) in [4.78, 5) is 2.29. The molecule has 0 bridgehead atoms. The van der Waals surface area contributed by atoms with Gasteiger partial charge in [0.2, 0.25) is 0 Å². The van der Waals surface area contributed by atoms with Crippen LogP contribution in [0.25, 0.3) is 0 Å². The van der Waals surface area contributed by atoms with E-state index in [9.17, 15) is 0 Å². The van der Waals surface area contributed by atoms with Crippen molar-refractivity contribution >= 4 is 0 Å².